The molecule has 0 bridgehead atoms. The summed E-state index contributed by atoms with van der Waals surface area (Å²) in [5.41, 5.74) is 2.57. The van der Waals surface area contributed by atoms with Crippen molar-refractivity contribution in [2.24, 2.45) is 0 Å². The topological polar surface area (TPSA) is 62.5 Å². The lowest BCUT2D eigenvalue weighted by atomic mass is 10.2. The summed E-state index contributed by atoms with van der Waals surface area (Å²) in [6.07, 6.45) is 1.42. The van der Waals surface area contributed by atoms with Crippen LogP contribution in [-0.4, -0.2) is 21.7 Å². The minimum absolute atomic E-state index is 0.212. The Labute approximate surface area is 178 Å². The van der Waals surface area contributed by atoms with Crippen molar-refractivity contribution in [3.8, 4) is 17.2 Å². The summed E-state index contributed by atoms with van der Waals surface area (Å²) < 4.78 is 13.9. The number of carbonyl (C=O) groups is 1. The van der Waals surface area contributed by atoms with Gasteiger partial charge in [-0.15, -0.1) is 0 Å². The van der Waals surface area contributed by atoms with Crippen molar-refractivity contribution in [1.29, 1.82) is 0 Å². The summed E-state index contributed by atoms with van der Waals surface area (Å²) in [6, 6.07) is 10.3. The van der Waals surface area contributed by atoms with Gasteiger partial charge in [0.1, 0.15) is 12.3 Å². The summed E-state index contributed by atoms with van der Waals surface area (Å²) in [5, 5.41) is 0.645. The second kappa shape index (κ2) is 8.76. The van der Waals surface area contributed by atoms with Gasteiger partial charge >= 0.3 is 5.97 Å². The first-order chi connectivity index (χ1) is 13.8. The normalized spacial score (nSPS) is 10.8. The highest BCUT2D eigenvalue weighted by atomic mass is 35.5. The van der Waals surface area contributed by atoms with Crippen LogP contribution in [0.1, 0.15) is 18.3 Å². The first kappa shape index (κ1) is 21.0. The predicted octanol–water partition coefficient (Wildman–Crippen LogP) is 4.92. The molecular weight excluding hydrogens is 415 g/mol. The van der Waals surface area contributed by atoms with E-state index in [0.29, 0.717) is 15.8 Å². The molecule has 6 nitrogen and oxygen atoms in total. The summed E-state index contributed by atoms with van der Waals surface area (Å²) in [7, 11) is 0. The zero-order valence-corrected chi connectivity index (χ0v) is 17.8. The molecule has 0 N–H and O–H groups in total. The minimum Gasteiger partial charge on any atom is -0.465 e. The summed E-state index contributed by atoms with van der Waals surface area (Å²) >= 11 is 12.9. The molecule has 0 unspecified atom stereocenters. The lowest BCUT2D eigenvalue weighted by Crippen LogP contribution is -2.24. The van der Waals surface area contributed by atoms with E-state index >= 15 is 0 Å². The van der Waals surface area contributed by atoms with Gasteiger partial charge in [-0.25, -0.2) is 0 Å². The number of aromatic nitrogens is 2. The number of hydrogen-bond donors (Lipinski definition) is 0. The van der Waals surface area contributed by atoms with Gasteiger partial charge in [-0.05, 0) is 51.1 Å². The number of aryl methyl sites for hydroxylation is 2. The number of carbonyl (C=O) groups excluding carboxylic acids is 1. The summed E-state index contributed by atoms with van der Waals surface area (Å²) in [5.74, 6) is 0.0734. The Balaban J connectivity index is 1.91. The van der Waals surface area contributed by atoms with Gasteiger partial charge in [0.25, 0.3) is 5.56 Å². The lowest BCUT2D eigenvalue weighted by Gasteiger charge is -2.15. The van der Waals surface area contributed by atoms with Crippen molar-refractivity contribution < 1.29 is 14.3 Å². The molecule has 8 heteroatoms. The zero-order valence-electron chi connectivity index (χ0n) is 16.2. The predicted molar refractivity (Wildman–Crippen MR) is 113 cm³/mol. The zero-order chi connectivity index (χ0) is 21.1. The van der Waals surface area contributed by atoms with Crippen LogP contribution in [0.5, 0.6) is 11.5 Å². The quantitative estimate of drug-likeness (QED) is 0.516. The highest BCUT2D eigenvalue weighted by molar-refractivity contribution is 6.37. The molecule has 0 aliphatic heterocycles. The number of pyridine rings is 1. The summed E-state index contributed by atoms with van der Waals surface area (Å²) in [6.45, 7) is 5.71. The fourth-order valence-corrected chi connectivity index (χ4v) is 3.56. The Kier molecular flexibility index (Phi) is 6.35. The second-order valence-electron chi connectivity index (χ2n) is 6.43. The molecule has 0 amide bonds. The van der Waals surface area contributed by atoms with Gasteiger partial charge in [0.2, 0.25) is 0 Å². The third-order valence-electron chi connectivity index (χ3n) is 4.29. The van der Waals surface area contributed by atoms with E-state index in [-0.39, 0.29) is 24.5 Å². The lowest BCUT2D eigenvalue weighted by molar-refractivity contribution is -0.143. The van der Waals surface area contributed by atoms with Gasteiger partial charge < -0.3 is 18.6 Å². The van der Waals surface area contributed by atoms with Gasteiger partial charge in [-0.3, -0.25) is 9.59 Å². The molecule has 1 aromatic carbocycles. The van der Waals surface area contributed by atoms with E-state index < -0.39 is 5.97 Å². The monoisotopic (exact) mass is 434 g/mol. The number of halogens is 2. The van der Waals surface area contributed by atoms with E-state index in [1.54, 1.807) is 19.1 Å². The average Bonchev–Trinajstić information content (AvgIpc) is 2.99. The fourth-order valence-electron chi connectivity index (χ4n) is 3.01. The molecule has 3 aromatic rings. The first-order valence-electron chi connectivity index (χ1n) is 8.98. The molecule has 0 radical (unpaired) electrons. The Bertz CT molecular complexity index is 1080. The Morgan fingerprint density at radius 3 is 2.24 bits per heavy atom. The molecule has 0 atom stereocenters. The highest BCUT2D eigenvalue weighted by Crippen LogP contribution is 2.38. The molecule has 2 heterocycles. The molecule has 0 aliphatic rings. The minimum atomic E-state index is -0.510. The Morgan fingerprint density at radius 2 is 1.66 bits per heavy atom. The number of nitrogens with zero attached hydrogens (tertiary/aromatic N) is 2. The third kappa shape index (κ3) is 4.66. The van der Waals surface area contributed by atoms with Gasteiger partial charge in [0.15, 0.2) is 5.75 Å². The Hall–Kier alpha value is -2.70. The van der Waals surface area contributed by atoms with E-state index in [1.165, 1.54) is 22.9 Å². The summed E-state index contributed by atoms with van der Waals surface area (Å²) in [4.78, 5) is 23.7. The van der Waals surface area contributed by atoms with Crippen LogP contribution >= 0.6 is 23.2 Å². The van der Waals surface area contributed by atoms with E-state index in [9.17, 15) is 9.59 Å². The van der Waals surface area contributed by atoms with Crippen LogP contribution in [0.25, 0.3) is 5.69 Å². The van der Waals surface area contributed by atoms with Crippen LogP contribution in [-0.2, 0) is 16.1 Å². The van der Waals surface area contributed by atoms with Crippen molar-refractivity contribution in [1.82, 2.24) is 9.13 Å². The van der Waals surface area contributed by atoms with Crippen molar-refractivity contribution in [2.45, 2.75) is 27.3 Å². The number of esters is 1. The van der Waals surface area contributed by atoms with E-state index in [2.05, 4.69) is 0 Å². The fraction of sp³-hybridized carbons (Fsp3) is 0.238. The molecule has 29 heavy (non-hydrogen) atoms. The molecular formula is C21H20Cl2N2O4. The van der Waals surface area contributed by atoms with Gasteiger partial charge in [-0.1, -0.05) is 23.2 Å². The van der Waals surface area contributed by atoms with Crippen LogP contribution in [0.4, 0.5) is 0 Å². The number of benzene rings is 1. The van der Waals surface area contributed by atoms with E-state index in [0.717, 1.165) is 17.1 Å². The van der Waals surface area contributed by atoms with Gasteiger partial charge in [0, 0.05) is 23.1 Å². The molecule has 0 saturated carbocycles. The maximum atomic E-state index is 12.0. The second-order valence-corrected chi connectivity index (χ2v) is 7.24. The van der Waals surface area contributed by atoms with E-state index in [1.807, 2.05) is 30.5 Å². The van der Waals surface area contributed by atoms with Crippen molar-refractivity contribution in [3.05, 3.63) is 74.4 Å². The Morgan fingerprint density at radius 1 is 1.03 bits per heavy atom. The number of hydrogen-bond acceptors (Lipinski definition) is 4. The van der Waals surface area contributed by atoms with Crippen LogP contribution in [0.2, 0.25) is 10.0 Å². The van der Waals surface area contributed by atoms with Crippen molar-refractivity contribution >= 4 is 29.2 Å². The van der Waals surface area contributed by atoms with Crippen molar-refractivity contribution in [3.63, 3.8) is 0 Å². The van der Waals surface area contributed by atoms with E-state index in [4.69, 9.17) is 32.7 Å². The molecule has 0 saturated heterocycles. The maximum Gasteiger partial charge on any atom is 0.326 e. The molecule has 3 rings (SSSR count). The van der Waals surface area contributed by atoms with Crippen LogP contribution in [0.15, 0.2) is 47.4 Å². The van der Waals surface area contributed by atoms with Crippen LogP contribution in [0.3, 0.4) is 0 Å². The number of rotatable bonds is 6. The maximum absolute atomic E-state index is 12.0. The molecule has 152 valence electrons. The first-order valence-corrected chi connectivity index (χ1v) is 9.74. The average molecular weight is 435 g/mol. The number of ether oxygens (including phenoxy) is 2. The van der Waals surface area contributed by atoms with Gasteiger partial charge in [-0.2, -0.15) is 0 Å². The molecule has 0 spiro atoms. The van der Waals surface area contributed by atoms with Crippen LogP contribution < -0.4 is 10.3 Å². The highest BCUT2D eigenvalue weighted by Gasteiger charge is 2.15. The molecule has 0 aliphatic carbocycles. The van der Waals surface area contributed by atoms with Crippen molar-refractivity contribution in [2.75, 3.05) is 6.61 Å². The van der Waals surface area contributed by atoms with Crippen LogP contribution in [0, 0.1) is 13.8 Å². The largest absolute Gasteiger partial charge is 0.465 e. The standard InChI is InChI=1S/C21H20Cl2N2O4/c1-4-28-20(27)12-24-11-16(7-8-19(24)26)29-21-17(22)9-15(10-18(21)23)25-13(2)5-6-14(25)3/h5-11H,4,12H2,1-3H3. The third-order valence-corrected chi connectivity index (χ3v) is 4.85. The smallest absolute Gasteiger partial charge is 0.326 e. The van der Waals surface area contributed by atoms with Gasteiger partial charge in [0.05, 0.1) is 22.8 Å². The SMILES string of the molecule is CCOC(=O)Cn1cc(Oc2c(Cl)cc(-n3c(C)ccc3C)cc2Cl)ccc1=O. The molecule has 0 fully saturated rings. The molecule has 2 aromatic heterocycles.